The number of aliphatic hydroxyl groups is 1. The van der Waals surface area contributed by atoms with Gasteiger partial charge in [0.15, 0.2) is 0 Å². The van der Waals surface area contributed by atoms with Crippen LogP contribution in [0.4, 0.5) is 4.79 Å². The Balaban J connectivity index is 2.34. The van der Waals surface area contributed by atoms with Gasteiger partial charge in [0, 0.05) is 13.1 Å². The van der Waals surface area contributed by atoms with Gasteiger partial charge in [0.1, 0.15) is 0 Å². The minimum Gasteiger partial charge on any atom is -0.395 e. The monoisotopic (exact) mass is 215 g/mol. The molecule has 1 fully saturated rings. The Bertz CT molecular complexity index is 245. The van der Waals surface area contributed by atoms with Crippen molar-refractivity contribution in [3.05, 3.63) is 0 Å². The van der Waals surface area contributed by atoms with E-state index in [2.05, 4.69) is 10.6 Å². The van der Waals surface area contributed by atoms with Crippen LogP contribution in [0.5, 0.6) is 0 Å². The maximum absolute atomic E-state index is 11.3. The lowest BCUT2D eigenvalue weighted by molar-refractivity contribution is -0.121. The number of carbonyl (C=O) groups excluding carboxylic acids is 2. The van der Waals surface area contributed by atoms with Crippen LogP contribution in [0.1, 0.15) is 12.8 Å². The summed E-state index contributed by atoms with van der Waals surface area (Å²) in [6, 6.07) is -0.444. The van der Waals surface area contributed by atoms with Gasteiger partial charge in [0.25, 0.3) is 0 Å². The molecule has 1 aliphatic heterocycles. The van der Waals surface area contributed by atoms with Crippen molar-refractivity contribution in [1.29, 1.82) is 0 Å². The van der Waals surface area contributed by atoms with Crippen LogP contribution in [0.15, 0.2) is 0 Å². The van der Waals surface area contributed by atoms with Gasteiger partial charge in [-0.2, -0.15) is 0 Å². The molecule has 86 valence electrons. The van der Waals surface area contributed by atoms with Gasteiger partial charge in [-0.1, -0.05) is 0 Å². The van der Waals surface area contributed by atoms with E-state index in [1.807, 2.05) is 4.90 Å². The number of imide groups is 1. The molecule has 0 aromatic carbocycles. The van der Waals surface area contributed by atoms with E-state index in [0.29, 0.717) is 0 Å². The van der Waals surface area contributed by atoms with Crippen LogP contribution in [-0.2, 0) is 4.79 Å². The van der Waals surface area contributed by atoms with Gasteiger partial charge in [-0.05, 0) is 19.4 Å². The van der Waals surface area contributed by atoms with E-state index in [9.17, 15) is 9.59 Å². The average Bonchev–Trinajstić information content (AvgIpc) is 2.64. The quantitative estimate of drug-likeness (QED) is 0.558. The Morgan fingerprint density at radius 3 is 2.87 bits per heavy atom. The second kappa shape index (κ2) is 5.67. The summed E-state index contributed by atoms with van der Waals surface area (Å²) in [5.74, 6) is -0.338. The number of urea groups is 1. The third kappa shape index (κ3) is 3.49. The zero-order valence-electron chi connectivity index (χ0n) is 8.82. The van der Waals surface area contributed by atoms with E-state index >= 15 is 0 Å². The molecule has 0 aliphatic carbocycles. The van der Waals surface area contributed by atoms with Crippen LogP contribution in [0.25, 0.3) is 0 Å². The summed E-state index contributed by atoms with van der Waals surface area (Å²) in [5.41, 5.74) is 0. The van der Waals surface area contributed by atoms with Crippen LogP contribution in [0, 0.1) is 0 Å². The van der Waals surface area contributed by atoms with Crippen LogP contribution in [0.2, 0.25) is 0 Å². The molecule has 0 saturated carbocycles. The molecule has 0 spiro atoms. The van der Waals surface area contributed by atoms with E-state index in [-0.39, 0.29) is 25.1 Å². The van der Waals surface area contributed by atoms with E-state index in [0.717, 1.165) is 19.4 Å². The molecule has 6 nitrogen and oxygen atoms in total. The fourth-order valence-electron chi connectivity index (χ4n) is 1.72. The standard InChI is InChI=1S/C9H17N3O3/c1-10-9(15)11-8(14)5-12-4-2-3-7(12)6-13/h7,13H,2-6H2,1H3,(H2,10,11,14,15)/t7-/m1/s1. The Morgan fingerprint density at radius 2 is 2.27 bits per heavy atom. The van der Waals surface area contributed by atoms with E-state index in [1.54, 1.807) is 0 Å². The highest BCUT2D eigenvalue weighted by atomic mass is 16.3. The van der Waals surface area contributed by atoms with Crippen molar-refractivity contribution in [2.45, 2.75) is 18.9 Å². The summed E-state index contributed by atoms with van der Waals surface area (Å²) in [6.07, 6.45) is 1.89. The largest absolute Gasteiger partial charge is 0.395 e. The third-order valence-corrected chi connectivity index (χ3v) is 2.54. The van der Waals surface area contributed by atoms with Crippen LogP contribution in [0.3, 0.4) is 0 Å². The number of amides is 3. The summed E-state index contributed by atoms with van der Waals surface area (Å²) in [7, 11) is 1.45. The molecule has 1 saturated heterocycles. The number of hydrogen-bond acceptors (Lipinski definition) is 4. The van der Waals surface area contributed by atoms with Crippen LogP contribution in [-0.4, -0.2) is 54.7 Å². The molecule has 1 aliphatic rings. The lowest BCUT2D eigenvalue weighted by Crippen LogP contribution is -2.45. The van der Waals surface area contributed by atoms with Crippen molar-refractivity contribution < 1.29 is 14.7 Å². The highest BCUT2D eigenvalue weighted by Gasteiger charge is 2.25. The third-order valence-electron chi connectivity index (χ3n) is 2.54. The van der Waals surface area contributed by atoms with Crippen molar-refractivity contribution in [2.24, 2.45) is 0 Å². The summed E-state index contributed by atoms with van der Waals surface area (Å²) in [4.78, 5) is 24.1. The Kier molecular flexibility index (Phi) is 4.51. The topological polar surface area (TPSA) is 81.7 Å². The predicted molar refractivity (Wildman–Crippen MR) is 54.3 cm³/mol. The smallest absolute Gasteiger partial charge is 0.321 e. The van der Waals surface area contributed by atoms with Crippen molar-refractivity contribution in [1.82, 2.24) is 15.5 Å². The SMILES string of the molecule is CNC(=O)NC(=O)CN1CCC[C@@H]1CO. The first-order valence-corrected chi connectivity index (χ1v) is 5.04. The first kappa shape index (κ1) is 11.9. The van der Waals surface area contributed by atoms with Gasteiger partial charge in [0.05, 0.1) is 13.2 Å². The Labute approximate surface area is 88.6 Å². The molecular weight excluding hydrogens is 198 g/mol. The minimum absolute atomic E-state index is 0.0560. The fourth-order valence-corrected chi connectivity index (χ4v) is 1.72. The average molecular weight is 215 g/mol. The molecule has 0 bridgehead atoms. The summed E-state index contributed by atoms with van der Waals surface area (Å²) < 4.78 is 0. The number of aliphatic hydroxyl groups excluding tert-OH is 1. The summed E-state index contributed by atoms with van der Waals surface area (Å²) in [6.45, 7) is 1.03. The molecule has 1 atom stereocenters. The Hall–Kier alpha value is -1.14. The van der Waals surface area contributed by atoms with Gasteiger partial charge in [-0.15, -0.1) is 0 Å². The second-order valence-electron chi connectivity index (χ2n) is 3.58. The van der Waals surface area contributed by atoms with Gasteiger partial charge >= 0.3 is 6.03 Å². The maximum Gasteiger partial charge on any atom is 0.321 e. The number of likely N-dealkylation sites (tertiary alicyclic amines) is 1. The van der Waals surface area contributed by atoms with Crippen molar-refractivity contribution in [3.63, 3.8) is 0 Å². The number of rotatable bonds is 3. The predicted octanol–water partition coefficient (Wildman–Crippen LogP) is -1.10. The zero-order valence-corrected chi connectivity index (χ0v) is 8.82. The molecule has 3 N–H and O–H groups in total. The number of nitrogens with zero attached hydrogens (tertiary/aromatic N) is 1. The molecule has 0 unspecified atom stereocenters. The Morgan fingerprint density at radius 1 is 1.53 bits per heavy atom. The molecule has 1 heterocycles. The normalized spacial score (nSPS) is 21.3. The first-order valence-electron chi connectivity index (χ1n) is 5.04. The highest BCUT2D eigenvalue weighted by molar-refractivity contribution is 5.95. The molecule has 0 aromatic rings. The molecule has 15 heavy (non-hydrogen) atoms. The van der Waals surface area contributed by atoms with Crippen LogP contribution >= 0.6 is 0 Å². The van der Waals surface area contributed by atoms with Crippen molar-refractivity contribution >= 4 is 11.9 Å². The van der Waals surface area contributed by atoms with Crippen molar-refractivity contribution in [3.8, 4) is 0 Å². The van der Waals surface area contributed by atoms with Gasteiger partial charge < -0.3 is 10.4 Å². The summed E-state index contributed by atoms with van der Waals surface area (Å²) >= 11 is 0. The number of carbonyl (C=O) groups is 2. The number of nitrogens with one attached hydrogen (secondary N) is 2. The summed E-state index contributed by atoms with van der Waals surface area (Å²) in [5, 5.41) is 13.5. The number of hydrogen-bond donors (Lipinski definition) is 3. The minimum atomic E-state index is -0.500. The fraction of sp³-hybridized carbons (Fsp3) is 0.778. The molecule has 1 rings (SSSR count). The molecule has 3 amide bonds. The molecule has 0 radical (unpaired) electrons. The molecule has 0 aromatic heterocycles. The van der Waals surface area contributed by atoms with Gasteiger partial charge in [0.2, 0.25) is 5.91 Å². The lowest BCUT2D eigenvalue weighted by atomic mass is 10.2. The second-order valence-corrected chi connectivity index (χ2v) is 3.58. The van der Waals surface area contributed by atoms with E-state index in [4.69, 9.17) is 5.11 Å². The van der Waals surface area contributed by atoms with E-state index in [1.165, 1.54) is 7.05 Å². The van der Waals surface area contributed by atoms with Gasteiger partial charge in [-0.3, -0.25) is 15.0 Å². The van der Waals surface area contributed by atoms with E-state index < -0.39 is 6.03 Å². The zero-order chi connectivity index (χ0) is 11.3. The first-order chi connectivity index (χ1) is 7.17. The lowest BCUT2D eigenvalue weighted by Gasteiger charge is -2.21. The highest BCUT2D eigenvalue weighted by Crippen LogP contribution is 2.15. The molecular formula is C9H17N3O3. The molecule has 6 heteroatoms. The maximum atomic E-state index is 11.3. The van der Waals surface area contributed by atoms with Gasteiger partial charge in [-0.25, -0.2) is 4.79 Å². The van der Waals surface area contributed by atoms with Crippen LogP contribution < -0.4 is 10.6 Å². The van der Waals surface area contributed by atoms with Crippen molar-refractivity contribution in [2.75, 3.05) is 26.7 Å².